The molecule has 0 bridgehead atoms. The monoisotopic (exact) mass is 310 g/mol. The zero-order valence-corrected chi connectivity index (χ0v) is 14.6. The van der Waals surface area contributed by atoms with Crippen molar-refractivity contribution in [1.29, 1.82) is 0 Å². The van der Waals surface area contributed by atoms with E-state index in [2.05, 4.69) is 34.4 Å². The molecule has 1 unspecified atom stereocenters. The molecule has 2 aliphatic rings. The Hall–Kier alpha value is -0.810. The Morgan fingerprint density at radius 3 is 2.73 bits per heavy atom. The average molecular weight is 310 g/mol. The van der Waals surface area contributed by atoms with E-state index < -0.39 is 0 Å². The van der Waals surface area contributed by atoms with Gasteiger partial charge in [-0.15, -0.1) is 0 Å². The van der Waals surface area contributed by atoms with E-state index >= 15 is 0 Å². The number of ether oxygens (including phenoxy) is 1. The topological polar surface area (TPSA) is 48.9 Å². The normalized spacial score (nSPS) is 24.4. The van der Waals surface area contributed by atoms with Gasteiger partial charge in [0, 0.05) is 45.4 Å². The first-order valence-electron chi connectivity index (χ1n) is 8.98. The standard InChI is InChI=1S/C17H34N4O/c1-14(2)13-22-11-9-19-17(18-3)20-15-8-10-21(12-15)16-6-4-5-7-16/h14-16H,4-13H2,1-3H3,(H2,18,19,20). The summed E-state index contributed by atoms with van der Waals surface area (Å²) in [5.74, 6) is 1.50. The molecule has 1 aliphatic carbocycles. The molecule has 0 amide bonds. The van der Waals surface area contributed by atoms with E-state index in [1.54, 1.807) is 0 Å². The molecule has 5 nitrogen and oxygen atoms in total. The highest BCUT2D eigenvalue weighted by atomic mass is 16.5. The molecule has 22 heavy (non-hydrogen) atoms. The quantitative estimate of drug-likeness (QED) is 0.428. The molecule has 0 aromatic carbocycles. The molecular formula is C17H34N4O. The Balaban J connectivity index is 1.61. The lowest BCUT2D eigenvalue weighted by atomic mass is 10.2. The number of nitrogens with one attached hydrogen (secondary N) is 2. The van der Waals surface area contributed by atoms with Crippen LogP contribution in [-0.2, 0) is 4.74 Å². The molecular weight excluding hydrogens is 276 g/mol. The first kappa shape index (κ1) is 17.5. The van der Waals surface area contributed by atoms with Gasteiger partial charge in [0.05, 0.1) is 6.61 Å². The van der Waals surface area contributed by atoms with Crippen LogP contribution in [0.4, 0.5) is 0 Å². The SMILES string of the molecule is CN=C(NCCOCC(C)C)NC1CCN(C2CCCC2)C1. The van der Waals surface area contributed by atoms with Crippen molar-refractivity contribution in [3.05, 3.63) is 0 Å². The van der Waals surface area contributed by atoms with Crippen molar-refractivity contribution in [2.45, 2.75) is 58.0 Å². The Kier molecular flexibility index (Phi) is 7.46. The minimum atomic E-state index is 0.531. The van der Waals surface area contributed by atoms with Crippen molar-refractivity contribution >= 4 is 5.96 Å². The first-order chi connectivity index (χ1) is 10.7. The van der Waals surface area contributed by atoms with E-state index in [1.165, 1.54) is 38.6 Å². The number of aliphatic imine (C=N–C) groups is 1. The fraction of sp³-hybridized carbons (Fsp3) is 0.941. The van der Waals surface area contributed by atoms with Gasteiger partial charge in [0.25, 0.3) is 0 Å². The summed E-state index contributed by atoms with van der Waals surface area (Å²) in [6, 6.07) is 1.37. The van der Waals surface area contributed by atoms with Crippen LogP contribution in [0.15, 0.2) is 4.99 Å². The zero-order valence-electron chi connectivity index (χ0n) is 14.6. The lowest BCUT2D eigenvalue weighted by Gasteiger charge is -2.24. The Morgan fingerprint density at radius 1 is 1.27 bits per heavy atom. The third-order valence-corrected chi connectivity index (χ3v) is 4.62. The summed E-state index contributed by atoms with van der Waals surface area (Å²) in [6.45, 7) is 9.11. The van der Waals surface area contributed by atoms with Crippen LogP contribution in [0, 0.1) is 5.92 Å². The predicted molar refractivity (Wildman–Crippen MR) is 92.4 cm³/mol. The molecule has 1 saturated carbocycles. The van der Waals surface area contributed by atoms with Crippen LogP contribution in [-0.4, -0.2) is 62.8 Å². The van der Waals surface area contributed by atoms with Crippen molar-refractivity contribution in [1.82, 2.24) is 15.5 Å². The van der Waals surface area contributed by atoms with Gasteiger partial charge in [-0.2, -0.15) is 0 Å². The molecule has 2 fully saturated rings. The largest absolute Gasteiger partial charge is 0.379 e. The molecule has 2 rings (SSSR count). The third kappa shape index (κ3) is 5.76. The van der Waals surface area contributed by atoms with Crippen molar-refractivity contribution in [3.8, 4) is 0 Å². The minimum absolute atomic E-state index is 0.531. The zero-order chi connectivity index (χ0) is 15.8. The van der Waals surface area contributed by atoms with Gasteiger partial charge in [0.2, 0.25) is 0 Å². The molecule has 0 radical (unpaired) electrons. The molecule has 128 valence electrons. The summed E-state index contributed by atoms with van der Waals surface area (Å²) in [6.07, 6.45) is 6.85. The van der Waals surface area contributed by atoms with Crippen LogP contribution < -0.4 is 10.6 Å². The molecule has 1 atom stereocenters. The molecule has 1 aliphatic heterocycles. The smallest absolute Gasteiger partial charge is 0.191 e. The van der Waals surface area contributed by atoms with Crippen molar-refractivity contribution in [2.75, 3.05) is 39.9 Å². The highest BCUT2D eigenvalue weighted by Gasteiger charge is 2.30. The van der Waals surface area contributed by atoms with E-state index in [-0.39, 0.29) is 0 Å². The molecule has 2 N–H and O–H groups in total. The first-order valence-corrected chi connectivity index (χ1v) is 8.98. The van der Waals surface area contributed by atoms with Crippen molar-refractivity contribution < 1.29 is 4.74 Å². The highest BCUT2D eigenvalue weighted by molar-refractivity contribution is 5.80. The van der Waals surface area contributed by atoms with Gasteiger partial charge in [-0.3, -0.25) is 9.89 Å². The Morgan fingerprint density at radius 2 is 2.05 bits per heavy atom. The number of guanidine groups is 1. The number of hydrogen-bond acceptors (Lipinski definition) is 3. The number of rotatable bonds is 7. The molecule has 5 heteroatoms. The van der Waals surface area contributed by atoms with Crippen LogP contribution in [0.5, 0.6) is 0 Å². The minimum Gasteiger partial charge on any atom is -0.379 e. The van der Waals surface area contributed by atoms with E-state index in [1.807, 2.05) is 7.05 Å². The number of likely N-dealkylation sites (tertiary alicyclic amines) is 1. The summed E-state index contributed by atoms with van der Waals surface area (Å²) in [5.41, 5.74) is 0. The lowest BCUT2D eigenvalue weighted by molar-refractivity contribution is 0.114. The second kappa shape index (κ2) is 9.36. The number of nitrogens with zero attached hydrogens (tertiary/aromatic N) is 2. The van der Waals surface area contributed by atoms with Gasteiger partial charge in [0.15, 0.2) is 5.96 Å². The second-order valence-electron chi connectivity index (χ2n) is 7.03. The van der Waals surface area contributed by atoms with Gasteiger partial charge in [0.1, 0.15) is 0 Å². The van der Waals surface area contributed by atoms with Crippen LogP contribution >= 0.6 is 0 Å². The van der Waals surface area contributed by atoms with E-state index in [9.17, 15) is 0 Å². The summed E-state index contributed by atoms with van der Waals surface area (Å²) in [4.78, 5) is 7.00. The van der Waals surface area contributed by atoms with Gasteiger partial charge < -0.3 is 15.4 Å². The molecule has 0 aromatic rings. The average Bonchev–Trinajstić information content (AvgIpc) is 3.16. The maximum absolute atomic E-state index is 5.59. The summed E-state index contributed by atoms with van der Waals surface area (Å²) < 4.78 is 5.59. The summed E-state index contributed by atoms with van der Waals surface area (Å²) in [7, 11) is 1.84. The van der Waals surface area contributed by atoms with E-state index in [0.717, 1.165) is 38.3 Å². The predicted octanol–water partition coefficient (Wildman–Crippen LogP) is 1.84. The van der Waals surface area contributed by atoms with Gasteiger partial charge in [-0.05, 0) is 25.2 Å². The Bertz CT molecular complexity index is 340. The number of hydrogen-bond donors (Lipinski definition) is 2. The highest BCUT2D eigenvalue weighted by Crippen LogP contribution is 2.26. The van der Waals surface area contributed by atoms with Crippen LogP contribution in [0.2, 0.25) is 0 Å². The third-order valence-electron chi connectivity index (χ3n) is 4.62. The maximum atomic E-state index is 5.59. The van der Waals surface area contributed by atoms with Gasteiger partial charge >= 0.3 is 0 Å². The molecule has 0 aromatic heterocycles. The van der Waals surface area contributed by atoms with Crippen LogP contribution in [0.25, 0.3) is 0 Å². The van der Waals surface area contributed by atoms with Crippen molar-refractivity contribution in [3.63, 3.8) is 0 Å². The van der Waals surface area contributed by atoms with Crippen LogP contribution in [0.3, 0.4) is 0 Å². The van der Waals surface area contributed by atoms with Crippen molar-refractivity contribution in [2.24, 2.45) is 10.9 Å². The van der Waals surface area contributed by atoms with E-state index in [0.29, 0.717) is 12.0 Å². The fourth-order valence-corrected chi connectivity index (χ4v) is 3.45. The van der Waals surface area contributed by atoms with Crippen LogP contribution in [0.1, 0.15) is 46.0 Å². The molecule has 0 spiro atoms. The summed E-state index contributed by atoms with van der Waals surface area (Å²) in [5, 5.41) is 6.91. The molecule has 1 heterocycles. The van der Waals surface area contributed by atoms with Gasteiger partial charge in [-0.1, -0.05) is 26.7 Å². The molecule has 1 saturated heterocycles. The van der Waals surface area contributed by atoms with Gasteiger partial charge in [-0.25, -0.2) is 0 Å². The summed E-state index contributed by atoms with van der Waals surface area (Å²) >= 11 is 0. The van der Waals surface area contributed by atoms with E-state index in [4.69, 9.17) is 4.74 Å². The second-order valence-corrected chi connectivity index (χ2v) is 7.03. The Labute approximate surface area is 135 Å². The lowest BCUT2D eigenvalue weighted by Crippen LogP contribution is -2.46. The maximum Gasteiger partial charge on any atom is 0.191 e. The fourth-order valence-electron chi connectivity index (χ4n) is 3.45.